The van der Waals surface area contributed by atoms with Gasteiger partial charge in [-0.15, -0.1) is 0 Å². The number of ether oxygens (including phenoxy) is 1. The highest BCUT2D eigenvalue weighted by Crippen LogP contribution is 2.25. The van der Waals surface area contributed by atoms with Gasteiger partial charge in [-0.25, -0.2) is 4.68 Å². The molecule has 0 aliphatic rings. The van der Waals surface area contributed by atoms with Gasteiger partial charge in [-0.1, -0.05) is 6.92 Å². The number of nitrogens with zero attached hydrogens (tertiary/aromatic N) is 3. The van der Waals surface area contributed by atoms with Gasteiger partial charge in [0.1, 0.15) is 5.69 Å². The maximum atomic E-state index is 5.96. The first-order chi connectivity index (χ1) is 8.06. The Morgan fingerprint density at radius 1 is 1.41 bits per heavy atom. The van der Waals surface area contributed by atoms with Gasteiger partial charge in [-0.05, 0) is 33.9 Å². The molecule has 1 rings (SSSR count). The van der Waals surface area contributed by atoms with Crippen LogP contribution in [0.4, 0.5) is 5.69 Å². The SMILES string of the molecule is CCCn1nc(C)c(N)c1OCCCN(C)C. The Bertz CT molecular complexity index is 347. The zero-order valence-corrected chi connectivity index (χ0v) is 11.4. The first kappa shape index (κ1) is 13.8. The van der Waals surface area contributed by atoms with Gasteiger partial charge < -0.3 is 15.4 Å². The Kier molecular flexibility index (Phi) is 5.28. The topological polar surface area (TPSA) is 56.3 Å². The molecule has 98 valence electrons. The summed E-state index contributed by atoms with van der Waals surface area (Å²) in [5.41, 5.74) is 7.47. The summed E-state index contributed by atoms with van der Waals surface area (Å²) in [6.45, 7) is 6.57. The first-order valence-electron chi connectivity index (χ1n) is 6.16. The minimum absolute atomic E-state index is 0.670. The van der Waals surface area contributed by atoms with E-state index in [9.17, 15) is 0 Å². The van der Waals surface area contributed by atoms with Crippen LogP contribution in [-0.4, -0.2) is 41.9 Å². The van der Waals surface area contributed by atoms with Gasteiger partial charge >= 0.3 is 0 Å². The van der Waals surface area contributed by atoms with E-state index in [0.717, 1.165) is 37.5 Å². The highest BCUT2D eigenvalue weighted by Gasteiger charge is 2.12. The lowest BCUT2D eigenvalue weighted by Gasteiger charge is -2.11. The second kappa shape index (κ2) is 6.49. The van der Waals surface area contributed by atoms with E-state index in [4.69, 9.17) is 10.5 Å². The lowest BCUT2D eigenvalue weighted by Crippen LogP contribution is -2.16. The third kappa shape index (κ3) is 3.93. The van der Waals surface area contributed by atoms with Crippen LogP contribution in [0, 0.1) is 6.92 Å². The maximum Gasteiger partial charge on any atom is 0.236 e. The van der Waals surface area contributed by atoms with Crippen molar-refractivity contribution < 1.29 is 4.74 Å². The molecule has 0 unspecified atom stereocenters. The minimum atomic E-state index is 0.670. The summed E-state index contributed by atoms with van der Waals surface area (Å²) >= 11 is 0. The van der Waals surface area contributed by atoms with Crippen molar-refractivity contribution in [3.8, 4) is 5.88 Å². The smallest absolute Gasteiger partial charge is 0.236 e. The lowest BCUT2D eigenvalue weighted by molar-refractivity contribution is 0.259. The van der Waals surface area contributed by atoms with Crippen molar-refractivity contribution in [2.75, 3.05) is 33.0 Å². The molecule has 5 heteroatoms. The molecule has 0 aliphatic carbocycles. The summed E-state index contributed by atoms with van der Waals surface area (Å²) < 4.78 is 7.60. The van der Waals surface area contributed by atoms with Crippen LogP contribution >= 0.6 is 0 Å². The summed E-state index contributed by atoms with van der Waals surface area (Å²) in [5, 5.41) is 4.37. The van der Waals surface area contributed by atoms with Crippen LogP contribution in [0.3, 0.4) is 0 Å². The quantitative estimate of drug-likeness (QED) is 0.734. The zero-order valence-electron chi connectivity index (χ0n) is 11.4. The molecule has 0 bridgehead atoms. The van der Waals surface area contributed by atoms with Crippen LogP contribution < -0.4 is 10.5 Å². The second-order valence-electron chi connectivity index (χ2n) is 4.53. The number of anilines is 1. The minimum Gasteiger partial charge on any atom is -0.476 e. The van der Waals surface area contributed by atoms with Crippen molar-refractivity contribution >= 4 is 5.69 Å². The highest BCUT2D eigenvalue weighted by molar-refractivity contribution is 5.52. The van der Waals surface area contributed by atoms with Crippen LogP contribution in [0.5, 0.6) is 5.88 Å². The van der Waals surface area contributed by atoms with E-state index in [1.54, 1.807) is 0 Å². The number of hydrogen-bond acceptors (Lipinski definition) is 4. The Morgan fingerprint density at radius 3 is 2.71 bits per heavy atom. The number of rotatable bonds is 7. The Labute approximate surface area is 104 Å². The van der Waals surface area contributed by atoms with Crippen LogP contribution in [0.25, 0.3) is 0 Å². The van der Waals surface area contributed by atoms with Crippen molar-refractivity contribution in [1.82, 2.24) is 14.7 Å². The van der Waals surface area contributed by atoms with Gasteiger partial charge in [0.25, 0.3) is 0 Å². The van der Waals surface area contributed by atoms with Crippen LogP contribution in [-0.2, 0) is 6.54 Å². The van der Waals surface area contributed by atoms with E-state index in [-0.39, 0.29) is 0 Å². The van der Waals surface area contributed by atoms with Gasteiger partial charge in [0.2, 0.25) is 5.88 Å². The number of nitrogens with two attached hydrogens (primary N) is 1. The van der Waals surface area contributed by atoms with Crippen molar-refractivity contribution in [2.24, 2.45) is 0 Å². The molecule has 17 heavy (non-hydrogen) atoms. The summed E-state index contributed by atoms with van der Waals surface area (Å²) in [6.07, 6.45) is 2.01. The number of aromatic nitrogens is 2. The third-order valence-electron chi connectivity index (χ3n) is 2.55. The fourth-order valence-electron chi connectivity index (χ4n) is 1.64. The molecule has 0 aliphatic heterocycles. The summed E-state index contributed by atoms with van der Waals surface area (Å²) in [6, 6.07) is 0. The van der Waals surface area contributed by atoms with E-state index in [1.807, 2.05) is 11.6 Å². The molecule has 0 spiro atoms. The monoisotopic (exact) mass is 240 g/mol. The van der Waals surface area contributed by atoms with E-state index in [1.165, 1.54) is 0 Å². The van der Waals surface area contributed by atoms with E-state index in [2.05, 4.69) is 31.0 Å². The van der Waals surface area contributed by atoms with Crippen LogP contribution in [0.15, 0.2) is 0 Å². The van der Waals surface area contributed by atoms with Crippen LogP contribution in [0.2, 0.25) is 0 Å². The molecule has 1 aromatic rings. The van der Waals surface area contributed by atoms with Gasteiger partial charge in [-0.2, -0.15) is 5.10 Å². The fraction of sp³-hybridized carbons (Fsp3) is 0.750. The van der Waals surface area contributed by atoms with Crippen molar-refractivity contribution in [1.29, 1.82) is 0 Å². The van der Waals surface area contributed by atoms with Crippen LogP contribution in [0.1, 0.15) is 25.5 Å². The van der Waals surface area contributed by atoms with Gasteiger partial charge in [0.15, 0.2) is 0 Å². The highest BCUT2D eigenvalue weighted by atomic mass is 16.5. The molecule has 0 saturated heterocycles. The van der Waals surface area contributed by atoms with E-state index in [0.29, 0.717) is 12.3 Å². The van der Waals surface area contributed by atoms with Crippen molar-refractivity contribution in [3.05, 3.63) is 5.69 Å². The Balaban J connectivity index is 2.56. The largest absolute Gasteiger partial charge is 0.476 e. The molecule has 0 radical (unpaired) electrons. The summed E-state index contributed by atoms with van der Waals surface area (Å²) in [5.74, 6) is 0.725. The molecular formula is C12H24N4O. The molecule has 0 amide bonds. The number of nitrogen functional groups attached to an aromatic ring is 1. The van der Waals surface area contributed by atoms with Gasteiger partial charge in [0.05, 0.1) is 12.3 Å². The third-order valence-corrected chi connectivity index (χ3v) is 2.55. The predicted octanol–water partition coefficient (Wildman–Crippen LogP) is 1.51. The molecule has 5 nitrogen and oxygen atoms in total. The molecule has 0 aromatic carbocycles. The first-order valence-corrected chi connectivity index (χ1v) is 6.16. The average molecular weight is 240 g/mol. The standard InChI is InChI=1S/C12H24N4O/c1-5-7-16-12(11(13)10(2)14-16)17-9-6-8-15(3)4/h5-9,13H2,1-4H3. The Hall–Kier alpha value is -1.23. The van der Waals surface area contributed by atoms with Gasteiger partial charge in [-0.3, -0.25) is 0 Å². The predicted molar refractivity (Wildman–Crippen MR) is 70.3 cm³/mol. The molecule has 1 heterocycles. The zero-order chi connectivity index (χ0) is 12.8. The average Bonchev–Trinajstić information content (AvgIpc) is 2.51. The normalized spacial score (nSPS) is 11.1. The van der Waals surface area contributed by atoms with Crippen molar-refractivity contribution in [2.45, 2.75) is 33.2 Å². The number of hydrogen-bond donors (Lipinski definition) is 1. The Morgan fingerprint density at radius 2 is 2.12 bits per heavy atom. The number of aryl methyl sites for hydroxylation is 2. The maximum absolute atomic E-state index is 5.96. The lowest BCUT2D eigenvalue weighted by atomic mass is 10.4. The van der Waals surface area contributed by atoms with Crippen molar-refractivity contribution in [3.63, 3.8) is 0 Å². The fourth-order valence-corrected chi connectivity index (χ4v) is 1.64. The molecule has 1 aromatic heterocycles. The summed E-state index contributed by atoms with van der Waals surface area (Å²) in [4.78, 5) is 2.14. The van der Waals surface area contributed by atoms with Gasteiger partial charge in [0, 0.05) is 13.1 Å². The summed E-state index contributed by atoms with van der Waals surface area (Å²) in [7, 11) is 4.11. The molecule has 2 N–H and O–H groups in total. The van der Waals surface area contributed by atoms with E-state index < -0.39 is 0 Å². The molecular weight excluding hydrogens is 216 g/mol. The molecule has 0 fully saturated rings. The molecule has 0 saturated carbocycles. The second-order valence-corrected chi connectivity index (χ2v) is 4.53. The van der Waals surface area contributed by atoms with E-state index >= 15 is 0 Å². The molecule has 0 atom stereocenters.